The van der Waals surface area contributed by atoms with E-state index in [2.05, 4.69) is 10.3 Å². The molecule has 0 aliphatic carbocycles. The van der Waals surface area contributed by atoms with Crippen LogP contribution in [0.1, 0.15) is 33.6 Å². The van der Waals surface area contributed by atoms with E-state index in [4.69, 9.17) is 9.73 Å². The molecule has 2 heterocycles. The zero-order chi connectivity index (χ0) is 20.8. The minimum atomic E-state index is -0.0796. The molecule has 3 aromatic rings. The number of amides is 1. The molecule has 1 aliphatic heterocycles. The predicted molar refractivity (Wildman–Crippen MR) is 122 cm³/mol. The lowest BCUT2D eigenvalue weighted by Crippen LogP contribution is -2.21. The van der Waals surface area contributed by atoms with Gasteiger partial charge in [-0.1, -0.05) is 42.5 Å². The van der Waals surface area contributed by atoms with E-state index >= 15 is 0 Å². The maximum Gasteiger partial charge on any atom is 0.261 e. The summed E-state index contributed by atoms with van der Waals surface area (Å²) in [5.41, 5.74) is 4.15. The first kappa shape index (κ1) is 20.0. The van der Waals surface area contributed by atoms with E-state index in [9.17, 15) is 4.79 Å². The molecule has 6 heteroatoms. The van der Waals surface area contributed by atoms with E-state index in [0.29, 0.717) is 30.3 Å². The lowest BCUT2D eigenvalue weighted by molar-refractivity contribution is 0.0955. The van der Waals surface area contributed by atoms with Crippen molar-refractivity contribution in [3.05, 3.63) is 82.7 Å². The van der Waals surface area contributed by atoms with E-state index in [1.807, 2.05) is 73.7 Å². The molecule has 1 aromatic heterocycles. The maximum absolute atomic E-state index is 12.4. The Balaban J connectivity index is 1.40. The Hall–Kier alpha value is -3.25. The highest BCUT2D eigenvalue weighted by molar-refractivity contribution is 7.17. The predicted octanol–water partition coefficient (Wildman–Crippen LogP) is 5.60. The average molecular weight is 418 g/mol. The lowest BCUT2D eigenvalue weighted by atomic mass is 10.1. The number of carbonyl (C=O) groups excluding carboxylic acids is 1. The van der Waals surface area contributed by atoms with Gasteiger partial charge in [0.25, 0.3) is 5.91 Å². The molecule has 2 aromatic carbocycles. The molecule has 0 unspecified atom stereocenters. The van der Waals surface area contributed by atoms with Gasteiger partial charge in [0.1, 0.15) is 5.00 Å². The number of hydrogen-bond acceptors (Lipinski definition) is 5. The van der Waals surface area contributed by atoms with E-state index in [-0.39, 0.29) is 5.91 Å². The van der Waals surface area contributed by atoms with Gasteiger partial charge in [0.05, 0.1) is 23.6 Å². The summed E-state index contributed by atoms with van der Waals surface area (Å²) in [4.78, 5) is 22.4. The van der Waals surface area contributed by atoms with Crippen molar-refractivity contribution in [2.24, 2.45) is 9.98 Å². The molecule has 1 amide bonds. The second-order valence-electron chi connectivity index (χ2n) is 7.10. The molecule has 1 fully saturated rings. The van der Waals surface area contributed by atoms with Crippen LogP contribution in [-0.2, 0) is 11.3 Å². The summed E-state index contributed by atoms with van der Waals surface area (Å²) in [6, 6.07) is 21.6. The molecule has 152 valence electrons. The second-order valence-corrected chi connectivity index (χ2v) is 8.17. The fourth-order valence-corrected chi connectivity index (χ4v) is 3.98. The summed E-state index contributed by atoms with van der Waals surface area (Å²) in [5.74, 6) is 0.604. The fraction of sp³-hybridized carbons (Fsp3) is 0.208. The van der Waals surface area contributed by atoms with Crippen molar-refractivity contribution in [3.8, 4) is 0 Å². The number of thiophene rings is 1. The van der Waals surface area contributed by atoms with E-state index in [1.54, 1.807) is 0 Å². The first-order chi connectivity index (χ1) is 14.7. The van der Waals surface area contributed by atoms with Crippen molar-refractivity contribution in [3.63, 3.8) is 0 Å². The number of nitrogens with zero attached hydrogens (tertiary/aromatic N) is 2. The second kappa shape index (κ2) is 9.50. The fourth-order valence-electron chi connectivity index (χ4n) is 3.14. The number of rotatable bonds is 5. The standard InChI is InChI=1S/C24H23N3O2S/c1-17-6-5-9-19(14-17)26-22-15-20(12-13-29-22)27-23-11-10-21(30-23)24(28)25-16-18-7-3-2-4-8-18/h2-11,14H,12-13,15-16H2,1H3,(H,25,28). The molecule has 0 bridgehead atoms. The molecule has 0 atom stereocenters. The molecule has 4 rings (SSSR count). The molecule has 5 nitrogen and oxygen atoms in total. The normalized spacial score (nSPS) is 16.4. The Labute approximate surface area is 180 Å². The first-order valence-corrected chi connectivity index (χ1v) is 10.7. The third kappa shape index (κ3) is 5.42. The highest BCUT2D eigenvalue weighted by Gasteiger charge is 2.16. The van der Waals surface area contributed by atoms with Gasteiger partial charge >= 0.3 is 0 Å². The van der Waals surface area contributed by atoms with Crippen LogP contribution in [0.5, 0.6) is 0 Å². The van der Waals surface area contributed by atoms with Crippen molar-refractivity contribution in [1.29, 1.82) is 0 Å². The number of ether oxygens (including phenoxy) is 1. The van der Waals surface area contributed by atoms with Crippen LogP contribution in [0.3, 0.4) is 0 Å². The minimum Gasteiger partial charge on any atom is -0.480 e. The van der Waals surface area contributed by atoms with Gasteiger partial charge in [-0.15, -0.1) is 11.3 Å². The lowest BCUT2D eigenvalue weighted by Gasteiger charge is -2.17. The molecule has 1 saturated heterocycles. The molecule has 1 N–H and O–H groups in total. The summed E-state index contributed by atoms with van der Waals surface area (Å²) in [6.45, 7) is 3.12. The molecule has 0 spiro atoms. The number of nitrogens with one attached hydrogen (secondary N) is 1. The molecule has 0 saturated carbocycles. The number of carbonyl (C=O) groups is 1. The van der Waals surface area contributed by atoms with Crippen molar-refractivity contribution >= 4 is 39.5 Å². The van der Waals surface area contributed by atoms with Crippen LogP contribution in [0.4, 0.5) is 10.7 Å². The summed E-state index contributed by atoms with van der Waals surface area (Å²) in [5, 5.41) is 3.78. The largest absolute Gasteiger partial charge is 0.480 e. The van der Waals surface area contributed by atoms with E-state index < -0.39 is 0 Å². The Kier molecular flexibility index (Phi) is 6.35. The van der Waals surface area contributed by atoms with Crippen LogP contribution in [0.15, 0.2) is 76.7 Å². The maximum atomic E-state index is 12.4. The number of benzene rings is 2. The molecule has 1 aliphatic rings. The van der Waals surface area contributed by atoms with Gasteiger partial charge < -0.3 is 10.1 Å². The Morgan fingerprint density at radius 3 is 2.77 bits per heavy atom. The zero-order valence-electron chi connectivity index (χ0n) is 16.8. The summed E-state index contributed by atoms with van der Waals surface area (Å²) >= 11 is 1.40. The molecule has 30 heavy (non-hydrogen) atoms. The average Bonchev–Trinajstić information content (AvgIpc) is 3.22. The van der Waals surface area contributed by atoms with Gasteiger partial charge in [-0.05, 0) is 42.3 Å². The van der Waals surface area contributed by atoms with Gasteiger partial charge in [0, 0.05) is 18.7 Å². The van der Waals surface area contributed by atoms with Crippen LogP contribution >= 0.6 is 11.3 Å². The summed E-state index contributed by atoms with van der Waals surface area (Å²) in [7, 11) is 0. The van der Waals surface area contributed by atoms with Crippen molar-refractivity contribution < 1.29 is 9.53 Å². The summed E-state index contributed by atoms with van der Waals surface area (Å²) < 4.78 is 5.72. The third-order valence-electron chi connectivity index (χ3n) is 4.65. The van der Waals surface area contributed by atoms with Gasteiger partial charge in [0.15, 0.2) is 5.90 Å². The van der Waals surface area contributed by atoms with Crippen LogP contribution in [0.2, 0.25) is 0 Å². The van der Waals surface area contributed by atoms with Crippen LogP contribution < -0.4 is 5.32 Å². The topological polar surface area (TPSA) is 63.0 Å². The number of hydrogen-bond donors (Lipinski definition) is 1. The number of aryl methyl sites for hydroxylation is 1. The van der Waals surface area contributed by atoms with Crippen LogP contribution in [-0.4, -0.2) is 24.1 Å². The van der Waals surface area contributed by atoms with E-state index in [0.717, 1.165) is 28.4 Å². The van der Waals surface area contributed by atoms with Gasteiger partial charge in [-0.25, -0.2) is 9.98 Å². The Morgan fingerprint density at radius 2 is 1.93 bits per heavy atom. The molecule has 0 radical (unpaired) electrons. The highest BCUT2D eigenvalue weighted by Crippen LogP contribution is 2.27. The van der Waals surface area contributed by atoms with Crippen molar-refractivity contribution in [1.82, 2.24) is 5.32 Å². The highest BCUT2D eigenvalue weighted by atomic mass is 32.1. The van der Waals surface area contributed by atoms with Gasteiger partial charge in [-0.3, -0.25) is 4.79 Å². The minimum absolute atomic E-state index is 0.0796. The molecular weight excluding hydrogens is 394 g/mol. The molecular formula is C24H23N3O2S. The number of aliphatic imine (C=N–C) groups is 2. The van der Waals surface area contributed by atoms with Gasteiger partial charge in [0.2, 0.25) is 0 Å². The zero-order valence-corrected chi connectivity index (χ0v) is 17.6. The third-order valence-corrected chi connectivity index (χ3v) is 5.63. The monoisotopic (exact) mass is 417 g/mol. The van der Waals surface area contributed by atoms with Crippen LogP contribution in [0.25, 0.3) is 0 Å². The Bertz CT molecular complexity index is 1090. The van der Waals surface area contributed by atoms with Crippen molar-refractivity contribution in [2.75, 3.05) is 6.61 Å². The quantitative estimate of drug-likeness (QED) is 0.587. The smallest absolute Gasteiger partial charge is 0.261 e. The van der Waals surface area contributed by atoms with Crippen LogP contribution in [0, 0.1) is 6.92 Å². The first-order valence-electron chi connectivity index (χ1n) is 9.91. The SMILES string of the molecule is Cc1cccc(N=C2CC(=Nc3ccc(C(=O)NCc4ccccc4)s3)CCO2)c1. The van der Waals surface area contributed by atoms with E-state index in [1.165, 1.54) is 16.9 Å². The summed E-state index contributed by atoms with van der Waals surface area (Å²) in [6.07, 6.45) is 1.35. The van der Waals surface area contributed by atoms with Crippen molar-refractivity contribution in [2.45, 2.75) is 26.3 Å². The van der Waals surface area contributed by atoms with Gasteiger partial charge in [-0.2, -0.15) is 0 Å². The Morgan fingerprint density at radius 1 is 1.07 bits per heavy atom.